The van der Waals surface area contributed by atoms with E-state index in [1.807, 2.05) is 11.0 Å². The topological polar surface area (TPSA) is 58.2 Å². The van der Waals surface area contributed by atoms with Crippen molar-refractivity contribution in [2.75, 3.05) is 19.7 Å². The summed E-state index contributed by atoms with van der Waals surface area (Å²) in [5, 5.41) is 7.06. The van der Waals surface area contributed by atoms with E-state index in [9.17, 15) is 4.79 Å². The maximum atomic E-state index is 12.4. The second-order valence-corrected chi connectivity index (χ2v) is 6.22. The third-order valence-corrected chi connectivity index (χ3v) is 4.69. The number of rotatable bonds is 4. The van der Waals surface area contributed by atoms with E-state index >= 15 is 0 Å². The fourth-order valence-corrected chi connectivity index (χ4v) is 3.43. The highest BCUT2D eigenvalue weighted by Crippen LogP contribution is 2.26. The quantitative estimate of drug-likeness (QED) is 0.927. The zero-order chi connectivity index (χ0) is 14.5. The molecule has 2 fully saturated rings. The normalized spacial score (nSPS) is 26.8. The number of carbonyl (C=O) groups is 1. The molecule has 21 heavy (non-hydrogen) atoms. The predicted molar refractivity (Wildman–Crippen MR) is 80.0 cm³/mol. The zero-order valence-corrected chi connectivity index (χ0v) is 12.6. The summed E-state index contributed by atoms with van der Waals surface area (Å²) in [6, 6.07) is 2.02. The molecule has 0 radical (unpaired) electrons. The summed E-state index contributed by atoms with van der Waals surface area (Å²) in [7, 11) is 0. The average molecular weight is 291 g/mol. The van der Waals surface area contributed by atoms with E-state index in [1.165, 1.54) is 12.8 Å². The number of nitrogens with one attached hydrogen (secondary N) is 1. The Morgan fingerprint density at radius 2 is 2.33 bits per heavy atom. The average Bonchev–Trinajstić information content (AvgIpc) is 3.08. The van der Waals surface area contributed by atoms with Gasteiger partial charge in [-0.1, -0.05) is 0 Å². The smallest absolute Gasteiger partial charge is 0.222 e. The molecule has 2 aliphatic heterocycles. The Labute approximate surface area is 126 Å². The Balaban J connectivity index is 1.47. The van der Waals surface area contributed by atoms with E-state index in [-0.39, 0.29) is 5.91 Å². The molecule has 116 valence electrons. The van der Waals surface area contributed by atoms with Gasteiger partial charge < -0.3 is 9.64 Å². The Hall–Kier alpha value is -1.36. The van der Waals surface area contributed by atoms with Gasteiger partial charge in [0.2, 0.25) is 5.91 Å². The van der Waals surface area contributed by atoms with Gasteiger partial charge in [-0.05, 0) is 44.6 Å². The molecule has 0 spiro atoms. The molecule has 0 unspecified atom stereocenters. The highest BCUT2D eigenvalue weighted by Gasteiger charge is 2.26. The minimum Gasteiger partial charge on any atom is -0.378 e. The maximum Gasteiger partial charge on any atom is 0.222 e. The van der Waals surface area contributed by atoms with Gasteiger partial charge in [-0.3, -0.25) is 9.89 Å². The first-order valence-electron chi connectivity index (χ1n) is 8.21. The number of carbonyl (C=O) groups excluding carboxylic acids is 1. The van der Waals surface area contributed by atoms with Crippen molar-refractivity contribution < 1.29 is 9.53 Å². The van der Waals surface area contributed by atoms with Crippen molar-refractivity contribution in [1.82, 2.24) is 15.1 Å². The van der Waals surface area contributed by atoms with Crippen molar-refractivity contribution >= 4 is 5.91 Å². The van der Waals surface area contributed by atoms with E-state index in [0.717, 1.165) is 51.1 Å². The monoisotopic (exact) mass is 291 g/mol. The van der Waals surface area contributed by atoms with Crippen LogP contribution in [-0.2, 0) is 9.53 Å². The van der Waals surface area contributed by atoms with Crippen LogP contribution >= 0.6 is 0 Å². The number of ether oxygens (including phenoxy) is 1. The van der Waals surface area contributed by atoms with Crippen LogP contribution in [0.3, 0.4) is 0 Å². The zero-order valence-electron chi connectivity index (χ0n) is 12.6. The largest absolute Gasteiger partial charge is 0.378 e. The van der Waals surface area contributed by atoms with Crippen molar-refractivity contribution in [1.29, 1.82) is 0 Å². The number of nitrogens with zero attached hydrogens (tertiary/aromatic N) is 2. The van der Waals surface area contributed by atoms with Crippen LogP contribution < -0.4 is 0 Å². The molecule has 5 heteroatoms. The van der Waals surface area contributed by atoms with Gasteiger partial charge in [0.25, 0.3) is 0 Å². The number of hydrogen-bond donors (Lipinski definition) is 1. The van der Waals surface area contributed by atoms with Crippen LogP contribution in [0.5, 0.6) is 0 Å². The number of aromatic nitrogens is 2. The van der Waals surface area contributed by atoms with Gasteiger partial charge in [-0.2, -0.15) is 5.10 Å². The summed E-state index contributed by atoms with van der Waals surface area (Å²) in [6.45, 7) is 2.59. The Kier molecular flexibility index (Phi) is 4.91. The number of hydrogen-bond acceptors (Lipinski definition) is 3. The van der Waals surface area contributed by atoms with E-state index in [0.29, 0.717) is 18.4 Å². The lowest BCUT2D eigenvalue weighted by Gasteiger charge is -2.33. The van der Waals surface area contributed by atoms with Gasteiger partial charge in [0, 0.05) is 43.9 Å². The van der Waals surface area contributed by atoms with Crippen LogP contribution in [0.1, 0.15) is 56.6 Å². The van der Waals surface area contributed by atoms with Crippen LogP contribution in [0.15, 0.2) is 12.3 Å². The molecule has 2 saturated heterocycles. The Morgan fingerprint density at radius 1 is 1.38 bits per heavy atom. The van der Waals surface area contributed by atoms with E-state index < -0.39 is 0 Å². The molecule has 0 aliphatic carbocycles. The lowest BCUT2D eigenvalue weighted by atomic mass is 9.94. The van der Waals surface area contributed by atoms with Crippen LogP contribution in [0, 0.1) is 0 Å². The van der Waals surface area contributed by atoms with E-state index in [4.69, 9.17) is 4.74 Å². The molecule has 5 nitrogen and oxygen atoms in total. The number of H-pyrrole nitrogens is 1. The molecule has 3 rings (SSSR count). The number of aromatic amines is 1. The van der Waals surface area contributed by atoms with Gasteiger partial charge in [-0.25, -0.2) is 0 Å². The summed E-state index contributed by atoms with van der Waals surface area (Å²) in [4.78, 5) is 14.4. The first kappa shape index (κ1) is 14.6. The molecule has 1 N–H and O–H groups in total. The van der Waals surface area contributed by atoms with Crippen LogP contribution in [0.2, 0.25) is 0 Å². The maximum absolute atomic E-state index is 12.4. The SMILES string of the molecule is O=C(CC[C@@H]1CCCCO1)N1CCC[C@@H](c2ccn[nH]2)C1. The minimum atomic E-state index is 0.286. The van der Waals surface area contributed by atoms with Gasteiger partial charge in [0.1, 0.15) is 0 Å². The van der Waals surface area contributed by atoms with Crippen LogP contribution in [0.4, 0.5) is 0 Å². The van der Waals surface area contributed by atoms with Crippen molar-refractivity contribution in [3.8, 4) is 0 Å². The van der Waals surface area contributed by atoms with Gasteiger partial charge in [-0.15, -0.1) is 0 Å². The predicted octanol–water partition coefficient (Wildman–Crippen LogP) is 2.46. The first-order valence-corrected chi connectivity index (χ1v) is 8.21. The van der Waals surface area contributed by atoms with Gasteiger partial charge in [0.05, 0.1) is 6.10 Å². The molecule has 3 heterocycles. The Morgan fingerprint density at radius 3 is 3.10 bits per heavy atom. The molecule has 0 bridgehead atoms. The third kappa shape index (κ3) is 3.84. The second-order valence-electron chi connectivity index (χ2n) is 6.22. The molecule has 0 saturated carbocycles. The van der Waals surface area contributed by atoms with Crippen LogP contribution in [0.25, 0.3) is 0 Å². The summed E-state index contributed by atoms with van der Waals surface area (Å²) < 4.78 is 5.71. The Bertz CT molecular complexity index is 440. The fraction of sp³-hybridized carbons (Fsp3) is 0.750. The molecular formula is C16H25N3O2. The molecule has 1 amide bonds. The van der Waals surface area contributed by atoms with Crippen LogP contribution in [-0.4, -0.2) is 46.8 Å². The number of likely N-dealkylation sites (tertiary alicyclic amines) is 1. The van der Waals surface area contributed by atoms with Gasteiger partial charge in [0.15, 0.2) is 0 Å². The second kappa shape index (κ2) is 7.07. The fourth-order valence-electron chi connectivity index (χ4n) is 3.43. The van der Waals surface area contributed by atoms with Crippen molar-refractivity contribution in [3.05, 3.63) is 18.0 Å². The molecule has 2 atom stereocenters. The number of amides is 1. The molecule has 2 aliphatic rings. The minimum absolute atomic E-state index is 0.286. The molecule has 1 aromatic rings. The standard InChI is InChI=1S/C16H25N3O2/c20-16(7-6-14-5-1-2-11-21-14)19-10-3-4-13(12-19)15-8-9-17-18-15/h8-9,13-14H,1-7,10-12H2,(H,17,18)/t13-,14+/m1/s1. The van der Waals surface area contributed by atoms with Crippen molar-refractivity contribution in [3.63, 3.8) is 0 Å². The summed E-state index contributed by atoms with van der Waals surface area (Å²) in [5.41, 5.74) is 1.16. The molecule has 0 aromatic carbocycles. The van der Waals surface area contributed by atoms with Crippen molar-refractivity contribution in [2.24, 2.45) is 0 Å². The first-order chi connectivity index (χ1) is 10.3. The highest BCUT2D eigenvalue weighted by atomic mass is 16.5. The van der Waals surface area contributed by atoms with Crippen molar-refractivity contribution in [2.45, 2.75) is 57.0 Å². The molecular weight excluding hydrogens is 266 g/mol. The number of piperidine rings is 1. The summed E-state index contributed by atoms with van der Waals surface area (Å²) in [5.74, 6) is 0.699. The third-order valence-electron chi connectivity index (χ3n) is 4.69. The summed E-state index contributed by atoms with van der Waals surface area (Å²) in [6.07, 6.45) is 9.33. The molecule has 1 aromatic heterocycles. The summed E-state index contributed by atoms with van der Waals surface area (Å²) >= 11 is 0. The van der Waals surface area contributed by atoms with E-state index in [1.54, 1.807) is 6.20 Å². The lowest BCUT2D eigenvalue weighted by molar-refractivity contribution is -0.133. The lowest BCUT2D eigenvalue weighted by Crippen LogP contribution is -2.39. The van der Waals surface area contributed by atoms with E-state index in [2.05, 4.69) is 10.2 Å². The van der Waals surface area contributed by atoms with Gasteiger partial charge >= 0.3 is 0 Å². The highest BCUT2D eigenvalue weighted by molar-refractivity contribution is 5.76.